The lowest BCUT2D eigenvalue weighted by molar-refractivity contribution is 0.623. The molecule has 1 atom stereocenters. The average molecular weight is 263 g/mol. The molecule has 0 saturated carbocycles. The molecule has 2 rings (SSSR count). The Morgan fingerprint density at radius 3 is 2.39 bits per heavy atom. The quantitative estimate of drug-likeness (QED) is 0.921. The minimum absolute atomic E-state index is 0.280. The van der Waals surface area contributed by atoms with Gasteiger partial charge in [-0.15, -0.1) is 0 Å². The minimum Gasteiger partial charge on any atom is -0.326 e. The predicted octanol–water partition coefficient (Wildman–Crippen LogP) is 2.59. The number of nitrogens with two attached hydrogens (primary N) is 1. The molecule has 0 amide bonds. The Balaban J connectivity index is 2.19. The SMILES string of the molecule is NCc1cc(F)cc(CS(=O)c2ccccc2)c1. The van der Waals surface area contributed by atoms with Gasteiger partial charge in [0.2, 0.25) is 0 Å². The summed E-state index contributed by atoms with van der Waals surface area (Å²) in [5, 5.41) is 0. The smallest absolute Gasteiger partial charge is 0.123 e. The standard InChI is InChI=1S/C14H14FNOS/c15-13-7-11(9-16)6-12(8-13)10-18(17)14-4-2-1-3-5-14/h1-8H,9-10,16H2. The van der Waals surface area contributed by atoms with Gasteiger partial charge >= 0.3 is 0 Å². The topological polar surface area (TPSA) is 43.1 Å². The first-order chi connectivity index (χ1) is 8.69. The molecule has 0 aliphatic heterocycles. The maximum Gasteiger partial charge on any atom is 0.123 e. The molecule has 2 nitrogen and oxygen atoms in total. The Hall–Kier alpha value is -1.52. The Kier molecular flexibility index (Phi) is 4.23. The molecule has 2 aromatic rings. The molecule has 0 saturated heterocycles. The second-order valence-electron chi connectivity index (χ2n) is 3.97. The molecule has 0 fully saturated rings. The number of hydrogen-bond donors (Lipinski definition) is 1. The average Bonchev–Trinajstić information content (AvgIpc) is 2.39. The summed E-state index contributed by atoms with van der Waals surface area (Å²) >= 11 is 0. The second-order valence-corrected chi connectivity index (χ2v) is 5.43. The number of rotatable bonds is 4. The van der Waals surface area contributed by atoms with Gasteiger partial charge in [-0.2, -0.15) is 0 Å². The Morgan fingerprint density at radius 2 is 1.72 bits per heavy atom. The van der Waals surface area contributed by atoms with Gasteiger partial charge in [0.05, 0.1) is 16.6 Å². The van der Waals surface area contributed by atoms with E-state index < -0.39 is 10.8 Å². The van der Waals surface area contributed by atoms with Gasteiger partial charge in [0.25, 0.3) is 0 Å². The Bertz CT molecular complexity index is 557. The molecule has 2 aromatic carbocycles. The van der Waals surface area contributed by atoms with Crippen LogP contribution in [0.15, 0.2) is 53.4 Å². The number of benzene rings is 2. The molecule has 0 radical (unpaired) electrons. The lowest BCUT2D eigenvalue weighted by Gasteiger charge is -2.05. The fraction of sp³-hybridized carbons (Fsp3) is 0.143. The normalized spacial score (nSPS) is 12.3. The van der Waals surface area contributed by atoms with E-state index in [0.29, 0.717) is 11.3 Å². The maximum atomic E-state index is 13.3. The fourth-order valence-corrected chi connectivity index (χ4v) is 2.82. The van der Waals surface area contributed by atoms with E-state index in [0.717, 1.165) is 10.5 Å². The van der Waals surface area contributed by atoms with Gasteiger partial charge in [0.1, 0.15) is 5.82 Å². The highest BCUT2D eigenvalue weighted by molar-refractivity contribution is 7.84. The molecule has 0 heterocycles. The van der Waals surface area contributed by atoms with Crippen molar-refractivity contribution in [1.29, 1.82) is 0 Å². The first-order valence-electron chi connectivity index (χ1n) is 5.61. The van der Waals surface area contributed by atoms with E-state index in [-0.39, 0.29) is 12.4 Å². The first kappa shape index (κ1) is 12.9. The van der Waals surface area contributed by atoms with Crippen LogP contribution in [0.3, 0.4) is 0 Å². The molecule has 2 N–H and O–H groups in total. The maximum absolute atomic E-state index is 13.3. The van der Waals surface area contributed by atoms with Crippen LogP contribution in [0.4, 0.5) is 4.39 Å². The Morgan fingerprint density at radius 1 is 1.06 bits per heavy atom. The zero-order valence-electron chi connectivity index (χ0n) is 9.80. The second kappa shape index (κ2) is 5.89. The van der Waals surface area contributed by atoms with E-state index >= 15 is 0 Å². The molecular weight excluding hydrogens is 249 g/mol. The molecule has 4 heteroatoms. The minimum atomic E-state index is -1.16. The van der Waals surface area contributed by atoms with Gasteiger partial charge in [0, 0.05) is 11.4 Å². The third-order valence-electron chi connectivity index (χ3n) is 2.56. The summed E-state index contributed by atoms with van der Waals surface area (Å²) < 4.78 is 25.4. The molecule has 0 bridgehead atoms. The molecule has 0 aliphatic rings. The van der Waals surface area contributed by atoms with E-state index in [1.165, 1.54) is 12.1 Å². The largest absolute Gasteiger partial charge is 0.326 e. The van der Waals surface area contributed by atoms with Gasteiger partial charge in [-0.1, -0.05) is 24.3 Å². The van der Waals surface area contributed by atoms with Crippen molar-refractivity contribution in [1.82, 2.24) is 0 Å². The van der Waals surface area contributed by atoms with Crippen molar-refractivity contribution >= 4 is 10.8 Å². The number of halogens is 1. The molecule has 0 spiro atoms. The van der Waals surface area contributed by atoms with Crippen LogP contribution >= 0.6 is 0 Å². The molecule has 94 valence electrons. The summed E-state index contributed by atoms with van der Waals surface area (Å²) in [6.45, 7) is 0.280. The fourth-order valence-electron chi connectivity index (χ4n) is 1.73. The summed E-state index contributed by atoms with van der Waals surface area (Å²) in [6, 6.07) is 13.8. The van der Waals surface area contributed by atoms with E-state index in [1.807, 2.05) is 18.2 Å². The van der Waals surface area contributed by atoms with Crippen LogP contribution < -0.4 is 5.73 Å². The highest BCUT2D eigenvalue weighted by atomic mass is 32.2. The third kappa shape index (κ3) is 3.24. The first-order valence-corrected chi connectivity index (χ1v) is 6.93. The van der Waals surface area contributed by atoms with Crippen molar-refractivity contribution in [2.45, 2.75) is 17.2 Å². The van der Waals surface area contributed by atoms with Gasteiger partial charge in [-0.3, -0.25) is 4.21 Å². The Labute approximate surface area is 108 Å². The highest BCUT2D eigenvalue weighted by Crippen LogP contribution is 2.15. The van der Waals surface area contributed by atoms with E-state index in [1.54, 1.807) is 18.2 Å². The summed E-state index contributed by atoms with van der Waals surface area (Å²) in [6.07, 6.45) is 0. The highest BCUT2D eigenvalue weighted by Gasteiger charge is 2.06. The van der Waals surface area contributed by atoms with Crippen molar-refractivity contribution in [3.05, 3.63) is 65.5 Å². The van der Waals surface area contributed by atoms with E-state index in [2.05, 4.69) is 0 Å². The van der Waals surface area contributed by atoms with Gasteiger partial charge < -0.3 is 5.73 Å². The van der Waals surface area contributed by atoms with E-state index in [9.17, 15) is 8.60 Å². The number of hydrogen-bond acceptors (Lipinski definition) is 2. The van der Waals surface area contributed by atoms with Crippen molar-refractivity contribution in [3.8, 4) is 0 Å². The monoisotopic (exact) mass is 263 g/mol. The molecule has 18 heavy (non-hydrogen) atoms. The third-order valence-corrected chi connectivity index (χ3v) is 3.95. The summed E-state index contributed by atoms with van der Waals surface area (Å²) in [5.41, 5.74) is 6.91. The van der Waals surface area contributed by atoms with Crippen LogP contribution in [0, 0.1) is 5.82 Å². The lowest BCUT2D eigenvalue weighted by Crippen LogP contribution is -2.01. The van der Waals surface area contributed by atoms with Crippen LogP contribution in [0.5, 0.6) is 0 Å². The van der Waals surface area contributed by atoms with Crippen LogP contribution in [0.2, 0.25) is 0 Å². The zero-order valence-corrected chi connectivity index (χ0v) is 10.6. The van der Waals surface area contributed by atoms with Crippen molar-refractivity contribution < 1.29 is 8.60 Å². The lowest BCUT2D eigenvalue weighted by atomic mass is 10.1. The summed E-state index contributed by atoms with van der Waals surface area (Å²) in [7, 11) is -1.16. The predicted molar refractivity (Wildman–Crippen MR) is 70.8 cm³/mol. The van der Waals surface area contributed by atoms with Crippen LogP contribution in [-0.2, 0) is 23.1 Å². The van der Waals surface area contributed by atoms with Gasteiger partial charge in [0.15, 0.2) is 0 Å². The zero-order chi connectivity index (χ0) is 13.0. The van der Waals surface area contributed by atoms with Gasteiger partial charge in [-0.25, -0.2) is 4.39 Å². The summed E-state index contributed by atoms with van der Waals surface area (Å²) in [4.78, 5) is 0.746. The van der Waals surface area contributed by atoms with Crippen molar-refractivity contribution in [2.75, 3.05) is 0 Å². The van der Waals surface area contributed by atoms with Crippen molar-refractivity contribution in [3.63, 3.8) is 0 Å². The molecule has 0 aromatic heterocycles. The van der Waals surface area contributed by atoms with E-state index in [4.69, 9.17) is 5.73 Å². The van der Waals surface area contributed by atoms with Crippen molar-refractivity contribution in [2.24, 2.45) is 5.73 Å². The molecular formula is C14H14FNOS. The van der Waals surface area contributed by atoms with Crippen LogP contribution in [0.25, 0.3) is 0 Å². The molecule has 1 unspecified atom stereocenters. The van der Waals surface area contributed by atoms with Gasteiger partial charge in [-0.05, 0) is 35.4 Å². The summed E-state index contributed by atoms with van der Waals surface area (Å²) in [5.74, 6) is -0.0348. The van der Waals surface area contributed by atoms with Crippen LogP contribution in [0.1, 0.15) is 11.1 Å². The molecule has 0 aliphatic carbocycles. The van der Waals surface area contributed by atoms with Crippen LogP contribution in [-0.4, -0.2) is 4.21 Å².